The molecule has 1 unspecified atom stereocenters. The third-order valence-electron chi connectivity index (χ3n) is 6.24. The van der Waals surface area contributed by atoms with Crippen LogP contribution in [-0.4, -0.2) is 30.1 Å². The zero-order chi connectivity index (χ0) is 21.7. The number of benzene rings is 1. The molecule has 1 saturated carbocycles. The maximum absolute atomic E-state index is 13.2. The summed E-state index contributed by atoms with van der Waals surface area (Å²) in [6, 6.07) is 5.19. The van der Waals surface area contributed by atoms with E-state index in [0.29, 0.717) is 34.9 Å². The number of methoxy groups -OCH3 is 1. The summed E-state index contributed by atoms with van der Waals surface area (Å²) in [5, 5.41) is 15.6. The monoisotopic (exact) mass is 404 g/mol. The zero-order valence-corrected chi connectivity index (χ0v) is 18.5. The van der Waals surface area contributed by atoms with E-state index in [1.165, 1.54) is 0 Å². The van der Waals surface area contributed by atoms with Crippen molar-refractivity contribution in [1.82, 2.24) is 0 Å². The molecule has 1 aliphatic rings. The van der Waals surface area contributed by atoms with Crippen LogP contribution in [-0.2, 0) is 9.59 Å². The SMILES string of the molecule is COc1ccc(NC(=O)[C@@H]2C[C@H](C)CC[C@H]2C(C)C)c(NC(=O)[C@H](C)C(C)O)c1. The highest BCUT2D eigenvalue weighted by Crippen LogP contribution is 2.39. The molecule has 6 nitrogen and oxygen atoms in total. The second-order valence-electron chi connectivity index (χ2n) is 8.85. The molecule has 162 valence electrons. The maximum Gasteiger partial charge on any atom is 0.229 e. The van der Waals surface area contributed by atoms with Gasteiger partial charge in [-0.1, -0.05) is 34.1 Å². The number of hydrogen-bond donors (Lipinski definition) is 3. The Morgan fingerprint density at radius 1 is 1.10 bits per heavy atom. The van der Waals surface area contributed by atoms with E-state index < -0.39 is 12.0 Å². The fourth-order valence-corrected chi connectivity index (χ4v) is 4.06. The van der Waals surface area contributed by atoms with E-state index in [-0.39, 0.29) is 17.7 Å². The first kappa shape index (κ1) is 23.2. The van der Waals surface area contributed by atoms with Gasteiger partial charge in [-0.25, -0.2) is 0 Å². The summed E-state index contributed by atoms with van der Waals surface area (Å²) in [5.74, 6) is 0.986. The van der Waals surface area contributed by atoms with Crippen molar-refractivity contribution in [1.29, 1.82) is 0 Å². The highest BCUT2D eigenvalue weighted by Gasteiger charge is 2.35. The van der Waals surface area contributed by atoms with Crippen LogP contribution in [0.5, 0.6) is 5.75 Å². The molecule has 1 aromatic carbocycles. The summed E-state index contributed by atoms with van der Waals surface area (Å²) in [5.41, 5.74) is 1.02. The smallest absolute Gasteiger partial charge is 0.229 e. The highest BCUT2D eigenvalue weighted by atomic mass is 16.5. The van der Waals surface area contributed by atoms with Crippen molar-refractivity contribution >= 4 is 23.2 Å². The third-order valence-corrected chi connectivity index (χ3v) is 6.24. The molecule has 5 atom stereocenters. The van der Waals surface area contributed by atoms with Crippen molar-refractivity contribution in [3.8, 4) is 5.75 Å². The fraction of sp³-hybridized carbons (Fsp3) is 0.652. The first-order chi connectivity index (χ1) is 13.6. The van der Waals surface area contributed by atoms with Gasteiger partial charge in [0.2, 0.25) is 11.8 Å². The molecule has 0 aliphatic heterocycles. The lowest BCUT2D eigenvalue weighted by Gasteiger charge is -2.36. The van der Waals surface area contributed by atoms with Crippen molar-refractivity contribution in [3.63, 3.8) is 0 Å². The molecule has 0 radical (unpaired) electrons. The topological polar surface area (TPSA) is 87.7 Å². The number of carbonyl (C=O) groups is 2. The number of aliphatic hydroxyl groups excluding tert-OH is 1. The minimum absolute atomic E-state index is 0.000472. The molecule has 1 aliphatic carbocycles. The van der Waals surface area contributed by atoms with Crippen LogP contribution in [0.2, 0.25) is 0 Å². The Hall–Kier alpha value is -2.08. The summed E-state index contributed by atoms with van der Waals surface area (Å²) in [6.07, 6.45) is 2.34. The van der Waals surface area contributed by atoms with Crippen LogP contribution < -0.4 is 15.4 Å². The van der Waals surface area contributed by atoms with Crippen LogP contribution in [0.3, 0.4) is 0 Å². The normalized spacial score (nSPS) is 23.9. The quantitative estimate of drug-likeness (QED) is 0.632. The van der Waals surface area contributed by atoms with Gasteiger partial charge in [-0.3, -0.25) is 9.59 Å². The van der Waals surface area contributed by atoms with Crippen molar-refractivity contribution in [2.24, 2.45) is 29.6 Å². The second kappa shape index (κ2) is 10.1. The van der Waals surface area contributed by atoms with Crippen molar-refractivity contribution < 1.29 is 19.4 Å². The Morgan fingerprint density at radius 3 is 2.38 bits per heavy atom. The summed E-state index contributed by atoms with van der Waals surface area (Å²) < 4.78 is 5.27. The molecule has 1 aromatic rings. The number of hydrogen-bond acceptors (Lipinski definition) is 4. The summed E-state index contributed by atoms with van der Waals surface area (Å²) in [7, 11) is 1.55. The number of nitrogens with one attached hydrogen (secondary N) is 2. The number of ether oxygens (including phenoxy) is 1. The molecule has 0 aromatic heterocycles. The fourth-order valence-electron chi connectivity index (χ4n) is 4.06. The molecule has 6 heteroatoms. The Kier molecular flexibility index (Phi) is 8.08. The van der Waals surface area contributed by atoms with E-state index in [1.54, 1.807) is 39.2 Å². The lowest BCUT2D eigenvalue weighted by Crippen LogP contribution is -2.37. The van der Waals surface area contributed by atoms with Crippen LogP contribution in [0, 0.1) is 29.6 Å². The molecule has 1 fully saturated rings. The number of rotatable bonds is 7. The summed E-state index contributed by atoms with van der Waals surface area (Å²) >= 11 is 0. The minimum atomic E-state index is -0.769. The molecular formula is C23H36N2O4. The van der Waals surface area contributed by atoms with E-state index in [1.807, 2.05) is 0 Å². The number of aliphatic hydroxyl groups is 1. The largest absolute Gasteiger partial charge is 0.497 e. The van der Waals surface area contributed by atoms with E-state index in [4.69, 9.17) is 4.74 Å². The van der Waals surface area contributed by atoms with Gasteiger partial charge in [0, 0.05) is 12.0 Å². The maximum atomic E-state index is 13.2. The number of carbonyl (C=O) groups excluding carboxylic acids is 2. The van der Waals surface area contributed by atoms with Gasteiger partial charge in [0.1, 0.15) is 5.75 Å². The lowest BCUT2D eigenvalue weighted by atomic mass is 9.70. The molecule has 0 bridgehead atoms. The van der Waals surface area contributed by atoms with E-state index in [0.717, 1.165) is 19.3 Å². The van der Waals surface area contributed by atoms with Crippen molar-refractivity contribution in [2.45, 2.75) is 60.0 Å². The standard InChI is InChI=1S/C23H36N2O4/c1-13(2)18-9-7-14(3)11-19(18)23(28)24-20-10-8-17(29-6)12-21(20)25-22(27)15(4)16(5)26/h8,10,12-16,18-19,26H,7,9,11H2,1-6H3,(H,24,28)(H,25,27)/t14-,15-,16?,18+,19-/m1/s1. The Bertz CT molecular complexity index is 717. The van der Waals surface area contributed by atoms with E-state index in [9.17, 15) is 14.7 Å². The lowest BCUT2D eigenvalue weighted by molar-refractivity contribution is -0.124. The first-order valence-corrected chi connectivity index (χ1v) is 10.6. The zero-order valence-electron chi connectivity index (χ0n) is 18.5. The van der Waals surface area contributed by atoms with Gasteiger partial charge in [0.05, 0.1) is 30.5 Å². The molecular weight excluding hydrogens is 368 g/mol. The predicted molar refractivity (Wildman–Crippen MR) is 116 cm³/mol. The number of amides is 2. The minimum Gasteiger partial charge on any atom is -0.497 e. The van der Waals surface area contributed by atoms with E-state index in [2.05, 4.69) is 31.4 Å². The first-order valence-electron chi connectivity index (χ1n) is 10.6. The predicted octanol–water partition coefficient (Wildman–Crippen LogP) is 4.30. The van der Waals surface area contributed by atoms with E-state index >= 15 is 0 Å². The molecule has 2 amide bonds. The Morgan fingerprint density at radius 2 is 1.79 bits per heavy atom. The van der Waals surface area contributed by atoms with Gasteiger partial charge in [-0.05, 0) is 49.7 Å². The molecule has 2 rings (SSSR count). The van der Waals surface area contributed by atoms with Crippen LogP contribution in [0.15, 0.2) is 18.2 Å². The summed E-state index contributed by atoms with van der Waals surface area (Å²) in [6.45, 7) is 9.80. The molecule has 3 N–H and O–H groups in total. The van der Waals surface area contributed by atoms with Gasteiger partial charge in [0.25, 0.3) is 0 Å². The van der Waals surface area contributed by atoms with Gasteiger partial charge in [0.15, 0.2) is 0 Å². The van der Waals surface area contributed by atoms with Gasteiger partial charge >= 0.3 is 0 Å². The van der Waals surface area contributed by atoms with Crippen LogP contribution in [0.25, 0.3) is 0 Å². The molecule has 0 heterocycles. The van der Waals surface area contributed by atoms with Crippen LogP contribution >= 0.6 is 0 Å². The van der Waals surface area contributed by atoms with Gasteiger partial charge in [-0.15, -0.1) is 0 Å². The molecule has 0 saturated heterocycles. The Balaban J connectivity index is 2.24. The second-order valence-corrected chi connectivity index (χ2v) is 8.85. The summed E-state index contributed by atoms with van der Waals surface area (Å²) in [4.78, 5) is 25.6. The van der Waals surface area contributed by atoms with Gasteiger partial charge < -0.3 is 20.5 Å². The average molecular weight is 405 g/mol. The molecule has 0 spiro atoms. The molecule has 29 heavy (non-hydrogen) atoms. The van der Waals surface area contributed by atoms with Gasteiger partial charge in [-0.2, -0.15) is 0 Å². The highest BCUT2D eigenvalue weighted by molar-refractivity contribution is 6.01. The van der Waals surface area contributed by atoms with Crippen molar-refractivity contribution in [3.05, 3.63) is 18.2 Å². The average Bonchev–Trinajstić information content (AvgIpc) is 2.67. The third kappa shape index (κ3) is 5.95. The Labute approximate surface area is 174 Å². The van der Waals surface area contributed by atoms with Crippen LogP contribution in [0.4, 0.5) is 11.4 Å². The van der Waals surface area contributed by atoms with Crippen LogP contribution in [0.1, 0.15) is 53.9 Å². The van der Waals surface area contributed by atoms with Crippen molar-refractivity contribution in [2.75, 3.05) is 17.7 Å². The number of anilines is 2.